The third kappa shape index (κ3) is 3.00. The van der Waals surface area contributed by atoms with Crippen LogP contribution in [0.5, 0.6) is 0 Å². The molecule has 1 N–H and O–H groups in total. The molecule has 0 aliphatic heterocycles. The molecule has 3 nitrogen and oxygen atoms in total. The first-order valence-corrected chi connectivity index (χ1v) is 9.00. The Labute approximate surface area is 134 Å². The van der Waals surface area contributed by atoms with E-state index in [4.69, 9.17) is 0 Å². The molecule has 0 heterocycles. The first-order chi connectivity index (χ1) is 10.6. The average Bonchev–Trinajstić information content (AvgIpc) is 2.85. The van der Waals surface area contributed by atoms with Gasteiger partial charge in [0.1, 0.15) is 0 Å². The van der Waals surface area contributed by atoms with E-state index < -0.39 is 16.9 Å². The number of hydrogen-bond donors (Lipinski definition) is 1. The lowest BCUT2D eigenvalue weighted by Gasteiger charge is -2.27. The molecule has 0 aromatic heterocycles. The van der Waals surface area contributed by atoms with E-state index in [1.807, 2.05) is 49.5 Å². The molecule has 0 saturated carbocycles. The Bertz CT molecular complexity index is 684. The summed E-state index contributed by atoms with van der Waals surface area (Å²) in [6.07, 6.45) is 2.14. The van der Waals surface area contributed by atoms with Crippen LogP contribution in [0.1, 0.15) is 22.8 Å². The Morgan fingerprint density at radius 2 is 1.86 bits per heavy atom. The summed E-state index contributed by atoms with van der Waals surface area (Å²) in [4.78, 5) is 3.04. The summed E-state index contributed by atoms with van der Waals surface area (Å²) < 4.78 is 11.4. The molecule has 116 valence electrons. The van der Waals surface area contributed by atoms with E-state index in [1.54, 1.807) is 6.26 Å². The second kappa shape index (κ2) is 6.32. The molecule has 3 atom stereocenters. The second-order valence-electron chi connectivity index (χ2n) is 5.93. The summed E-state index contributed by atoms with van der Waals surface area (Å²) in [6.45, 7) is 0.770. The van der Waals surface area contributed by atoms with Gasteiger partial charge in [-0.05, 0) is 42.3 Å². The molecule has 0 fully saturated rings. The van der Waals surface area contributed by atoms with Crippen LogP contribution in [-0.2, 0) is 23.8 Å². The second-order valence-corrected chi connectivity index (χ2v) is 7.31. The molecule has 0 spiro atoms. The number of hydrogen-bond acceptors (Lipinski definition) is 3. The van der Waals surface area contributed by atoms with Gasteiger partial charge in [-0.3, -0.25) is 9.11 Å². The molecule has 1 aliphatic rings. The zero-order valence-corrected chi connectivity index (χ0v) is 13.7. The third-order valence-corrected chi connectivity index (χ3v) is 5.36. The highest BCUT2D eigenvalue weighted by molar-refractivity contribution is 7.84. The van der Waals surface area contributed by atoms with Crippen LogP contribution in [0.4, 0.5) is 0 Å². The van der Waals surface area contributed by atoms with Crippen LogP contribution in [0, 0.1) is 0 Å². The molecule has 2 aromatic rings. The fourth-order valence-electron chi connectivity index (χ4n) is 3.14. The van der Waals surface area contributed by atoms with Crippen LogP contribution in [-0.4, -0.2) is 33.6 Å². The molecule has 22 heavy (non-hydrogen) atoms. The van der Waals surface area contributed by atoms with Gasteiger partial charge in [0.05, 0.1) is 6.10 Å². The van der Waals surface area contributed by atoms with E-state index >= 15 is 0 Å². The lowest BCUT2D eigenvalue weighted by molar-refractivity contribution is 0.0721. The Kier molecular flexibility index (Phi) is 4.43. The number of aliphatic hydroxyl groups is 1. The highest BCUT2D eigenvalue weighted by Crippen LogP contribution is 2.34. The van der Waals surface area contributed by atoms with E-state index in [0.29, 0.717) is 0 Å². The van der Waals surface area contributed by atoms with Gasteiger partial charge >= 0.3 is 0 Å². The van der Waals surface area contributed by atoms with Crippen LogP contribution in [0.2, 0.25) is 0 Å². The van der Waals surface area contributed by atoms with E-state index in [0.717, 1.165) is 23.4 Å². The summed E-state index contributed by atoms with van der Waals surface area (Å²) in [6, 6.07) is 16.1. The molecule has 2 aromatic carbocycles. The van der Waals surface area contributed by atoms with Crippen molar-refractivity contribution in [2.24, 2.45) is 0 Å². The number of likely N-dealkylation sites (N-methyl/N-ethyl adjacent to an activating group) is 1. The lowest BCUT2D eigenvalue weighted by atomic mass is 10.1. The van der Waals surface area contributed by atoms with Gasteiger partial charge in [0, 0.05) is 34.5 Å². The molecule has 1 aliphatic carbocycles. The summed E-state index contributed by atoms with van der Waals surface area (Å²) in [7, 11) is 1.11. The van der Waals surface area contributed by atoms with Gasteiger partial charge in [0.2, 0.25) is 0 Å². The van der Waals surface area contributed by atoms with Crippen LogP contribution in [0.15, 0.2) is 53.4 Å². The Balaban J connectivity index is 1.70. The van der Waals surface area contributed by atoms with Crippen molar-refractivity contribution in [2.45, 2.75) is 30.0 Å². The minimum absolute atomic E-state index is 0.109. The summed E-state index contributed by atoms with van der Waals surface area (Å²) >= 11 is 0. The van der Waals surface area contributed by atoms with Crippen molar-refractivity contribution in [3.63, 3.8) is 0 Å². The molecular formula is C18H21NO2S. The number of benzene rings is 2. The maximum atomic E-state index is 11.4. The van der Waals surface area contributed by atoms with Gasteiger partial charge in [-0.2, -0.15) is 0 Å². The van der Waals surface area contributed by atoms with Crippen LogP contribution < -0.4 is 0 Å². The minimum atomic E-state index is -0.938. The quantitative estimate of drug-likeness (QED) is 0.942. The normalized spacial score (nSPS) is 21.8. The standard InChI is InChI=1S/C18H21NO2S/c1-19(12-13-7-9-15(10-8-13)22(2)21)17-11-14-5-3-4-6-16(14)18(17)20/h3-10,17-18,20H,11-12H2,1-2H3/t17-,18-,22-/m0/s1. The number of nitrogens with zero attached hydrogens (tertiary/aromatic N) is 1. The number of aliphatic hydroxyl groups excluding tert-OH is 1. The Morgan fingerprint density at radius 3 is 2.50 bits per heavy atom. The fraction of sp³-hybridized carbons (Fsp3) is 0.333. The Hall–Kier alpha value is -1.49. The Morgan fingerprint density at radius 1 is 1.18 bits per heavy atom. The zero-order chi connectivity index (χ0) is 15.7. The maximum absolute atomic E-state index is 11.4. The van der Waals surface area contributed by atoms with Crippen molar-refractivity contribution in [2.75, 3.05) is 13.3 Å². The molecule has 3 rings (SSSR count). The molecule has 0 unspecified atom stereocenters. The van der Waals surface area contributed by atoms with Gasteiger partial charge in [0.15, 0.2) is 0 Å². The van der Waals surface area contributed by atoms with E-state index in [9.17, 15) is 9.32 Å². The maximum Gasteiger partial charge on any atom is 0.0951 e. The fourth-order valence-corrected chi connectivity index (χ4v) is 3.66. The number of rotatable bonds is 4. The van der Waals surface area contributed by atoms with Gasteiger partial charge in [-0.25, -0.2) is 0 Å². The summed E-state index contributed by atoms with van der Waals surface area (Å²) in [5.74, 6) is 0. The predicted octanol–water partition coefficient (Wildman–Crippen LogP) is 2.51. The third-order valence-electron chi connectivity index (χ3n) is 4.42. The van der Waals surface area contributed by atoms with Crippen molar-refractivity contribution in [3.05, 3.63) is 65.2 Å². The molecular weight excluding hydrogens is 294 g/mol. The first kappa shape index (κ1) is 15.4. The van der Waals surface area contributed by atoms with Gasteiger partial charge in [0.25, 0.3) is 0 Å². The topological polar surface area (TPSA) is 40.5 Å². The van der Waals surface area contributed by atoms with Gasteiger partial charge in [-0.15, -0.1) is 0 Å². The largest absolute Gasteiger partial charge is 0.387 e. The van der Waals surface area contributed by atoms with E-state index in [2.05, 4.69) is 11.0 Å². The van der Waals surface area contributed by atoms with Crippen LogP contribution in [0.25, 0.3) is 0 Å². The average molecular weight is 315 g/mol. The van der Waals surface area contributed by atoms with Crippen LogP contribution in [0.3, 0.4) is 0 Å². The van der Waals surface area contributed by atoms with Gasteiger partial charge in [-0.1, -0.05) is 36.4 Å². The first-order valence-electron chi connectivity index (χ1n) is 7.44. The van der Waals surface area contributed by atoms with Crippen molar-refractivity contribution >= 4 is 10.8 Å². The highest BCUT2D eigenvalue weighted by atomic mass is 32.2. The highest BCUT2D eigenvalue weighted by Gasteiger charge is 2.33. The molecule has 0 bridgehead atoms. The van der Waals surface area contributed by atoms with E-state index in [1.165, 1.54) is 11.1 Å². The van der Waals surface area contributed by atoms with Crippen molar-refractivity contribution in [1.29, 1.82) is 0 Å². The van der Waals surface area contributed by atoms with E-state index in [-0.39, 0.29) is 6.04 Å². The number of fused-ring (bicyclic) bond motifs is 1. The van der Waals surface area contributed by atoms with Crippen molar-refractivity contribution < 1.29 is 9.32 Å². The zero-order valence-electron chi connectivity index (χ0n) is 12.9. The predicted molar refractivity (Wildman–Crippen MR) is 89.1 cm³/mol. The molecule has 4 heteroatoms. The molecule has 0 saturated heterocycles. The smallest absolute Gasteiger partial charge is 0.0951 e. The molecule has 0 amide bonds. The van der Waals surface area contributed by atoms with Crippen LogP contribution >= 0.6 is 0 Å². The monoisotopic (exact) mass is 315 g/mol. The van der Waals surface area contributed by atoms with Gasteiger partial charge < -0.3 is 5.11 Å². The summed E-state index contributed by atoms with van der Waals surface area (Å²) in [5.41, 5.74) is 3.46. The summed E-state index contributed by atoms with van der Waals surface area (Å²) in [5, 5.41) is 10.5. The molecule has 0 radical (unpaired) electrons. The SMILES string of the molecule is CN(Cc1ccc([S@](C)=O)cc1)[C@H]1Cc2ccccc2[C@@H]1O. The van der Waals surface area contributed by atoms with Crippen molar-refractivity contribution in [3.8, 4) is 0 Å². The van der Waals surface area contributed by atoms with Crippen molar-refractivity contribution in [1.82, 2.24) is 4.90 Å². The minimum Gasteiger partial charge on any atom is -0.387 e. The lowest BCUT2D eigenvalue weighted by Crippen LogP contribution is -2.34.